The molecule has 2 heteroatoms. The van der Waals surface area contributed by atoms with E-state index in [9.17, 15) is 0 Å². The number of rotatable bonds is 4. The number of nitrogens with zero attached hydrogens (tertiary/aromatic N) is 2. The van der Waals surface area contributed by atoms with Crippen LogP contribution >= 0.6 is 0 Å². The topological polar surface area (TPSA) is 8.82 Å². The molecule has 242 valence electrons. The van der Waals surface area contributed by atoms with E-state index < -0.39 is 0 Å². The predicted octanol–water partition coefficient (Wildman–Crippen LogP) is 13.7. The average molecular weight is 645 g/mol. The van der Waals surface area contributed by atoms with E-state index in [0.29, 0.717) is 11.8 Å². The van der Waals surface area contributed by atoms with Crippen LogP contribution in [-0.4, -0.2) is 8.80 Å². The molecule has 50 heavy (non-hydrogen) atoms. The molecule has 11 rings (SSSR count). The molecule has 0 saturated heterocycles. The van der Waals surface area contributed by atoms with E-state index in [1.54, 1.807) is 0 Å². The second kappa shape index (κ2) is 10.1. The summed E-state index contributed by atoms with van der Waals surface area (Å²) in [5.41, 5.74) is 16.4. The minimum atomic E-state index is 0.326. The molecule has 2 aliphatic carbocycles. The molecule has 4 heterocycles. The highest BCUT2D eigenvalue weighted by Crippen LogP contribution is 2.52. The van der Waals surface area contributed by atoms with E-state index in [1.807, 2.05) is 0 Å². The van der Waals surface area contributed by atoms with Crippen molar-refractivity contribution in [2.24, 2.45) is 0 Å². The highest BCUT2D eigenvalue weighted by atomic mass is 14.9. The fourth-order valence-electron chi connectivity index (χ4n) is 9.91. The van der Waals surface area contributed by atoms with Gasteiger partial charge in [0, 0.05) is 43.1 Å². The van der Waals surface area contributed by atoms with Crippen molar-refractivity contribution in [3.8, 4) is 0 Å². The summed E-state index contributed by atoms with van der Waals surface area (Å²) in [5.74, 6) is 0.652. The number of hydrogen-bond donors (Lipinski definition) is 0. The molecule has 0 saturated carbocycles. The van der Waals surface area contributed by atoms with Gasteiger partial charge >= 0.3 is 0 Å². The summed E-state index contributed by atoms with van der Waals surface area (Å²) in [6.07, 6.45) is 18.6. The maximum Gasteiger partial charge on any atom is 0.0620 e. The van der Waals surface area contributed by atoms with E-state index in [0.717, 1.165) is 25.7 Å². The molecule has 0 unspecified atom stereocenters. The first-order valence-electron chi connectivity index (χ1n) is 18.6. The van der Waals surface area contributed by atoms with Gasteiger partial charge in [0.15, 0.2) is 0 Å². The Hall–Kier alpha value is -5.34. The summed E-state index contributed by atoms with van der Waals surface area (Å²) in [6, 6.07) is 28.4. The number of para-hydroxylation sites is 2. The van der Waals surface area contributed by atoms with Gasteiger partial charge in [-0.1, -0.05) is 125 Å². The van der Waals surface area contributed by atoms with Crippen LogP contribution < -0.4 is 0 Å². The lowest BCUT2D eigenvalue weighted by Crippen LogP contribution is -2.01. The monoisotopic (exact) mass is 644 g/mol. The first-order valence-corrected chi connectivity index (χ1v) is 18.6. The zero-order valence-electron chi connectivity index (χ0n) is 29.3. The van der Waals surface area contributed by atoms with Crippen LogP contribution in [0.4, 0.5) is 0 Å². The quantitative estimate of drug-likeness (QED) is 0.180. The summed E-state index contributed by atoms with van der Waals surface area (Å²) >= 11 is 0. The van der Waals surface area contributed by atoms with Gasteiger partial charge in [-0.3, -0.25) is 0 Å². The largest absolute Gasteiger partial charge is 0.308 e. The molecular formula is C48H40N2. The van der Waals surface area contributed by atoms with E-state index in [2.05, 4.69) is 146 Å². The Balaban J connectivity index is 1.39. The molecule has 9 aromatic rings. The normalized spacial score (nSPS) is 15.7. The smallest absolute Gasteiger partial charge is 0.0620 e. The van der Waals surface area contributed by atoms with Crippen LogP contribution in [0.25, 0.3) is 87.3 Å². The number of hydrogen-bond acceptors (Lipinski definition) is 0. The van der Waals surface area contributed by atoms with E-state index in [-0.39, 0.29) is 0 Å². The molecule has 2 nitrogen and oxygen atoms in total. The fourth-order valence-corrected chi connectivity index (χ4v) is 9.91. The molecule has 0 spiro atoms. The number of fused-ring (bicyclic) bond motifs is 12. The minimum absolute atomic E-state index is 0.326. The zero-order valence-corrected chi connectivity index (χ0v) is 29.3. The van der Waals surface area contributed by atoms with Gasteiger partial charge in [-0.15, -0.1) is 0 Å². The second-order valence-corrected chi connectivity index (χ2v) is 15.4. The van der Waals surface area contributed by atoms with Gasteiger partial charge in [0.05, 0.1) is 33.1 Å². The third kappa shape index (κ3) is 3.54. The van der Waals surface area contributed by atoms with Crippen LogP contribution in [0.3, 0.4) is 0 Å². The molecule has 0 aliphatic heterocycles. The number of allylic oxidation sites excluding steroid dienone is 8. The number of benzene rings is 5. The van der Waals surface area contributed by atoms with Crippen molar-refractivity contribution in [1.29, 1.82) is 0 Å². The van der Waals surface area contributed by atoms with Gasteiger partial charge in [0.1, 0.15) is 0 Å². The van der Waals surface area contributed by atoms with E-state index in [4.69, 9.17) is 0 Å². The minimum Gasteiger partial charge on any atom is -0.308 e. The molecule has 0 bridgehead atoms. The van der Waals surface area contributed by atoms with Crippen LogP contribution in [0.15, 0.2) is 109 Å². The fraction of sp³-hybridized carbons (Fsp3) is 0.208. The van der Waals surface area contributed by atoms with Crippen molar-refractivity contribution in [2.45, 2.75) is 65.2 Å². The Labute approximate surface area is 292 Å². The van der Waals surface area contributed by atoms with Gasteiger partial charge in [-0.25, -0.2) is 0 Å². The Morgan fingerprint density at radius 2 is 0.900 bits per heavy atom. The molecular weight excluding hydrogens is 605 g/mol. The summed E-state index contributed by atoms with van der Waals surface area (Å²) < 4.78 is 5.33. The Bertz CT molecular complexity index is 2810. The summed E-state index contributed by atoms with van der Waals surface area (Å²) in [7, 11) is 0. The van der Waals surface area contributed by atoms with Gasteiger partial charge in [-0.2, -0.15) is 0 Å². The molecule has 0 fully saturated rings. The molecule has 2 aliphatic rings. The van der Waals surface area contributed by atoms with Crippen molar-refractivity contribution in [2.75, 3.05) is 0 Å². The lowest BCUT2D eigenvalue weighted by molar-refractivity contribution is 0.869. The lowest BCUT2D eigenvalue weighted by atomic mass is 9.87. The summed E-state index contributed by atoms with van der Waals surface area (Å²) in [4.78, 5) is 0. The lowest BCUT2D eigenvalue weighted by Gasteiger charge is -2.19. The maximum atomic E-state index is 2.67. The van der Waals surface area contributed by atoms with Gasteiger partial charge in [0.25, 0.3) is 0 Å². The Morgan fingerprint density at radius 1 is 0.460 bits per heavy atom. The summed E-state index contributed by atoms with van der Waals surface area (Å²) in [5, 5.41) is 11.0. The molecule has 5 aromatic carbocycles. The first kappa shape index (κ1) is 28.5. The molecule has 0 radical (unpaired) electrons. The predicted molar refractivity (Wildman–Crippen MR) is 217 cm³/mol. The molecule has 0 atom stereocenters. The highest BCUT2D eigenvalue weighted by Gasteiger charge is 2.31. The van der Waals surface area contributed by atoms with Gasteiger partial charge in [0.2, 0.25) is 0 Å². The summed E-state index contributed by atoms with van der Waals surface area (Å²) in [6.45, 7) is 9.63. The van der Waals surface area contributed by atoms with E-state index in [1.165, 1.54) is 110 Å². The third-order valence-electron chi connectivity index (χ3n) is 11.9. The second-order valence-electron chi connectivity index (χ2n) is 15.4. The van der Waals surface area contributed by atoms with E-state index >= 15 is 0 Å². The first-order chi connectivity index (χ1) is 24.5. The standard InChI is InChI=1S/C48H40N2/c1-27(2)41-43-37-19-11-17-35-34-24-22-32(30-15-9-6-10-16-30)26-40(34)50(45(35)37)48(43)42(28(3)4)44-38-20-12-18-36-33-23-21-31(29-13-7-5-8-14-29)25-39(33)49(46(36)38)47(41)44/h7,9,11-28H,5-6,8,10H2,1-4H3. The van der Waals surface area contributed by atoms with Crippen molar-refractivity contribution < 1.29 is 0 Å². The van der Waals surface area contributed by atoms with Crippen LogP contribution in [0.1, 0.15) is 87.5 Å². The van der Waals surface area contributed by atoms with Gasteiger partial charge < -0.3 is 8.80 Å². The maximum absolute atomic E-state index is 2.67. The SMILES string of the molecule is CC(C)c1c2c3cccc4c5ccc(C6=CCCC=C6)cc5n(c2c(C(C)C)c2c5cccc6c7ccc(C8=CCCC=C8)cc7n(c12)c65)c43. The Kier molecular flexibility index (Phi) is 5.76. The van der Waals surface area contributed by atoms with Crippen LogP contribution in [0.2, 0.25) is 0 Å². The van der Waals surface area contributed by atoms with Crippen molar-refractivity contribution in [3.63, 3.8) is 0 Å². The highest BCUT2D eigenvalue weighted by molar-refractivity contribution is 6.31. The number of aromatic nitrogens is 2. The molecule has 0 amide bonds. The average Bonchev–Trinajstić information content (AvgIpc) is 3.87. The Morgan fingerprint density at radius 3 is 1.30 bits per heavy atom. The van der Waals surface area contributed by atoms with Crippen molar-refractivity contribution in [3.05, 3.63) is 132 Å². The third-order valence-corrected chi connectivity index (χ3v) is 11.9. The van der Waals surface area contributed by atoms with Crippen LogP contribution in [-0.2, 0) is 0 Å². The van der Waals surface area contributed by atoms with Crippen molar-refractivity contribution >= 4 is 87.3 Å². The van der Waals surface area contributed by atoms with Crippen molar-refractivity contribution in [1.82, 2.24) is 8.80 Å². The van der Waals surface area contributed by atoms with Crippen LogP contribution in [0, 0.1) is 0 Å². The molecule has 0 N–H and O–H groups in total. The van der Waals surface area contributed by atoms with Crippen LogP contribution in [0.5, 0.6) is 0 Å². The van der Waals surface area contributed by atoms with Gasteiger partial charge in [-0.05, 0) is 83.1 Å². The zero-order chi connectivity index (χ0) is 33.4. The molecule has 4 aromatic heterocycles.